The van der Waals surface area contributed by atoms with Crippen LogP contribution in [0.1, 0.15) is 59.1 Å². The molecule has 0 heterocycles. The number of hydrogen-bond donors (Lipinski definition) is 0. The molecule has 0 atom stereocenters. The van der Waals surface area contributed by atoms with Crippen molar-refractivity contribution in [3.05, 3.63) is 150 Å². The Kier molecular flexibility index (Phi) is 16.1. The van der Waals surface area contributed by atoms with E-state index in [1.807, 2.05) is 60.3 Å². The van der Waals surface area contributed by atoms with Gasteiger partial charge < -0.3 is 18.9 Å². The lowest BCUT2D eigenvalue weighted by Crippen LogP contribution is -2.04. The zero-order valence-corrected chi connectivity index (χ0v) is 29.8. The smallest absolute Gasteiger partial charge is 0.330 e. The molecule has 4 rings (SSSR count). The fourth-order valence-corrected chi connectivity index (χ4v) is 5.51. The molecule has 0 N–H and O–H groups in total. The third-order valence-electron chi connectivity index (χ3n) is 7.37. The Bertz CT molecular complexity index is 1870. The Morgan fingerprint density at radius 1 is 0.588 bits per heavy atom. The van der Waals surface area contributed by atoms with Crippen molar-refractivity contribution in [2.45, 2.75) is 43.3 Å². The highest BCUT2D eigenvalue weighted by Crippen LogP contribution is 2.27. The van der Waals surface area contributed by atoms with E-state index in [1.54, 1.807) is 0 Å². The summed E-state index contributed by atoms with van der Waals surface area (Å²) in [5, 5.41) is 0. The molecule has 0 spiro atoms. The SMILES string of the molecule is C=CC(=O)OCCCCOc1ccc(C#Cc2ccc(CSc3ccc(C#Cc4ccc(OCCCCOC(=O)C=C)cc4)cc3C)cc2)cc1. The summed E-state index contributed by atoms with van der Waals surface area (Å²) >= 11 is 1.81. The molecule has 0 unspecified atom stereocenters. The molecule has 51 heavy (non-hydrogen) atoms. The van der Waals surface area contributed by atoms with E-state index in [4.69, 9.17) is 18.9 Å². The van der Waals surface area contributed by atoms with E-state index in [0.717, 1.165) is 71.3 Å². The molecule has 6 nitrogen and oxygen atoms in total. The maximum atomic E-state index is 11.1. The van der Waals surface area contributed by atoms with Crippen LogP contribution in [0, 0.1) is 30.6 Å². The third kappa shape index (κ3) is 14.4. The van der Waals surface area contributed by atoms with Gasteiger partial charge in [-0.25, -0.2) is 9.59 Å². The number of thioether (sulfide) groups is 1. The van der Waals surface area contributed by atoms with Crippen LogP contribution >= 0.6 is 11.8 Å². The van der Waals surface area contributed by atoms with Crippen molar-refractivity contribution >= 4 is 23.7 Å². The van der Waals surface area contributed by atoms with E-state index in [0.29, 0.717) is 26.4 Å². The van der Waals surface area contributed by atoms with Gasteiger partial charge in [-0.3, -0.25) is 0 Å². The summed E-state index contributed by atoms with van der Waals surface area (Å²) in [7, 11) is 0. The van der Waals surface area contributed by atoms with Gasteiger partial charge in [0.15, 0.2) is 0 Å². The van der Waals surface area contributed by atoms with Crippen molar-refractivity contribution < 1.29 is 28.5 Å². The minimum atomic E-state index is -0.400. The summed E-state index contributed by atoms with van der Waals surface area (Å²) in [5.74, 6) is 14.6. The molecule has 0 aliphatic carbocycles. The van der Waals surface area contributed by atoms with Gasteiger partial charge in [0.1, 0.15) is 11.5 Å². The first-order valence-corrected chi connectivity index (χ1v) is 17.8. The van der Waals surface area contributed by atoms with Crippen LogP contribution < -0.4 is 9.47 Å². The molecule has 4 aromatic carbocycles. The minimum Gasteiger partial charge on any atom is -0.494 e. The van der Waals surface area contributed by atoms with Crippen LogP contribution in [0.5, 0.6) is 11.5 Å². The van der Waals surface area contributed by atoms with Gasteiger partial charge in [-0.15, -0.1) is 11.8 Å². The summed E-state index contributed by atoms with van der Waals surface area (Å²) in [5.41, 5.74) is 6.19. The van der Waals surface area contributed by atoms with Crippen molar-refractivity contribution in [1.29, 1.82) is 0 Å². The van der Waals surface area contributed by atoms with Gasteiger partial charge in [-0.05, 0) is 123 Å². The van der Waals surface area contributed by atoms with Crippen molar-refractivity contribution in [2.75, 3.05) is 26.4 Å². The number of ether oxygens (including phenoxy) is 4. The summed E-state index contributed by atoms with van der Waals surface area (Å²) in [6.07, 6.45) is 5.39. The molecule has 260 valence electrons. The topological polar surface area (TPSA) is 71.1 Å². The van der Waals surface area contributed by atoms with E-state index in [1.165, 1.54) is 22.1 Å². The van der Waals surface area contributed by atoms with Crippen LogP contribution in [-0.2, 0) is 24.8 Å². The van der Waals surface area contributed by atoms with E-state index >= 15 is 0 Å². The highest BCUT2D eigenvalue weighted by molar-refractivity contribution is 7.98. The Morgan fingerprint density at radius 2 is 1.00 bits per heavy atom. The first kappa shape index (κ1) is 38.2. The minimum absolute atomic E-state index is 0.366. The fourth-order valence-electron chi connectivity index (χ4n) is 4.54. The fraction of sp³-hybridized carbons (Fsp3) is 0.227. The maximum Gasteiger partial charge on any atom is 0.330 e. The molecule has 0 aliphatic heterocycles. The summed E-state index contributed by atoms with van der Waals surface area (Å²) in [4.78, 5) is 23.3. The van der Waals surface area contributed by atoms with Crippen LogP contribution in [0.25, 0.3) is 0 Å². The standard InChI is InChI=1S/C44H42O6S/c1-4-43(45)49-30-8-6-28-47-40-23-18-36(19-24-40)11-10-35-13-16-39(17-14-35)33-51-42-27-22-38(32-34(42)3)15-12-37-20-25-41(26-21-37)48-29-7-9-31-50-44(46)5-2/h4-5,13-14,16-27,32H,1-2,6-9,28-31,33H2,3H3. The van der Waals surface area contributed by atoms with Crippen molar-refractivity contribution in [3.8, 4) is 35.2 Å². The average molecular weight is 699 g/mol. The maximum absolute atomic E-state index is 11.1. The lowest BCUT2D eigenvalue weighted by molar-refractivity contribution is -0.138. The molecule has 0 fully saturated rings. The zero-order valence-electron chi connectivity index (χ0n) is 29.0. The molecular formula is C44H42O6S. The highest BCUT2D eigenvalue weighted by atomic mass is 32.2. The molecule has 0 aliphatic rings. The van der Waals surface area contributed by atoms with Gasteiger partial charge in [0.25, 0.3) is 0 Å². The predicted molar refractivity (Wildman–Crippen MR) is 204 cm³/mol. The number of hydrogen-bond acceptors (Lipinski definition) is 7. The summed E-state index contributed by atoms with van der Waals surface area (Å²) in [6.45, 7) is 10.7. The average Bonchev–Trinajstić information content (AvgIpc) is 3.16. The Balaban J connectivity index is 1.17. The molecule has 0 bridgehead atoms. The van der Waals surface area contributed by atoms with Gasteiger partial charge in [0.05, 0.1) is 26.4 Å². The molecule has 0 saturated carbocycles. The number of benzene rings is 4. The Labute approximate surface area is 305 Å². The molecule has 0 amide bonds. The van der Waals surface area contributed by atoms with Gasteiger partial charge in [0.2, 0.25) is 0 Å². The number of unbranched alkanes of at least 4 members (excludes halogenated alkanes) is 2. The van der Waals surface area contributed by atoms with Gasteiger partial charge in [0, 0.05) is 45.1 Å². The predicted octanol–water partition coefficient (Wildman–Crippen LogP) is 8.86. The second kappa shape index (κ2) is 21.5. The Hall–Kier alpha value is -5.63. The molecule has 0 aromatic heterocycles. The second-order valence-corrected chi connectivity index (χ2v) is 12.4. The number of aryl methyl sites for hydroxylation is 1. The molecule has 0 saturated heterocycles. The van der Waals surface area contributed by atoms with Crippen molar-refractivity contribution in [3.63, 3.8) is 0 Å². The van der Waals surface area contributed by atoms with E-state index in [-0.39, 0.29) is 0 Å². The second-order valence-electron chi connectivity index (χ2n) is 11.4. The Morgan fingerprint density at radius 3 is 1.45 bits per heavy atom. The molecule has 4 aromatic rings. The normalized spacial score (nSPS) is 10.1. The third-order valence-corrected chi connectivity index (χ3v) is 8.62. The van der Waals surface area contributed by atoms with E-state index in [9.17, 15) is 9.59 Å². The van der Waals surface area contributed by atoms with E-state index < -0.39 is 11.9 Å². The van der Waals surface area contributed by atoms with Gasteiger partial charge in [-0.2, -0.15) is 0 Å². The van der Waals surface area contributed by atoms with Crippen LogP contribution in [0.3, 0.4) is 0 Å². The first-order valence-electron chi connectivity index (χ1n) is 16.8. The van der Waals surface area contributed by atoms with Crippen LogP contribution in [-0.4, -0.2) is 38.4 Å². The lowest BCUT2D eigenvalue weighted by atomic mass is 10.1. The van der Waals surface area contributed by atoms with Gasteiger partial charge >= 0.3 is 11.9 Å². The number of carbonyl (C=O) groups is 2. The zero-order chi connectivity index (χ0) is 36.1. The van der Waals surface area contributed by atoms with Crippen LogP contribution in [0.4, 0.5) is 0 Å². The summed E-state index contributed by atoms with van der Waals surface area (Å²) < 4.78 is 21.5. The first-order chi connectivity index (χ1) is 24.9. The summed E-state index contributed by atoms with van der Waals surface area (Å²) in [6, 6.07) is 30.2. The molecular weight excluding hydrogens is 657 g/mol. The lowest BCUT2D eigenvalue weighted by Gasteiger charge is -2.07. The highest BCUT2D eigenvalue weighted by Gasteiger charge is 2.03. The van der Waals surface area contributed by atoms with Crippen molar-refractivity contribution in [1.82, 2.24) is 0 Å². The number of carbonyl (C=O) groups excluding carboxylic acids is 2. The van der Waals surface area contributed by atoms with Crippen LogP contribution in [0.15, 0.2) is 121 Å². The van der Waals surface area contributed by atoms with E-state index in [2.05, 4.69) is 86.2 Å². The van der Waals surface area contributed by atoms with Crippen LogP contribution in [0.2, 0.25) is 0 Å². The number of esters is 2. The largest absolute Gasteiger partial charge is 0.494 e. The monoisotopic (exact) mass is 698 g/mol. The van der Waals surface area contributed by atoms with Gasteiger partial charge in [-0.1, -0.05) is 49.0 Å². The quantitative estimate of drug-likeness (QED) is 0.0359. The number of rotatable bonds is 17. The molecule has 7 heteroatoms. The molecule has 0 radical (unpaired) electrons. The van der Waals surface area contributed by atoms with Crippen molar-refractivity contribution in [2.24, 2.45) is 0 Å².